The molecule has 6 rings (SSSR count). The molecule has 2 aromatic carbocycles. The van der Waals surface area contributed by atoms with Crippen molar-refractivity contribution >= 4 is 22.8 Å². The van der Waals surface area contributed by atoms with Crippen LogP contribution in [-0.4, -0.2) is 40.6 Å². The van der Waals surface area contributed by atoms with Crippen molar-refractivity contribution in [1.82, 2.24) is 14.7 Å². The number of aryl methyl sites for hydroxylation is 2. The largest absolute Gasteiger partial charge is 0.449 e. The van der Waals surface area contributed by atoms with Gasteiger partial charge in [0.25, 0.3) is 0 Å². The summed E-state index contributed by atoms with van der Waals surface area (Å²) in [7, 11) is 1.71. The minimum atomic E-state index is -1.60. The Balaban J connectivity index is 1.51. The van der Waals surface area contributed by atoms with Crippen LogP contribution in [0.5, 0.6) is 0 Å². The van der Waals surface area contributed by atoms with Gasteiger partial charge in [0, 0.05) is 37.3 Å². The van der Waals surface area contributed by atoms with E-state index >= 15 is 0 Å². The Labute approximate surface area is 228 Å². The van der Waals surface area contributed by atoms with Gasteiger partial charge in [-0.3, -0.25) is 4.90 Å². The number of ether oxygens (including phenoxy) is 2. The Morgan fingerprint density at radius 3 is 2.38 bits per heavy atom. The number of anilines is 1. The third-order valence-electron chi connectivity index (χ3n) is 8.05. The predicted molar refractivity (Wildman–Crippen MR) is 141 cm³/mol. The van der Waals surface area contributed by atoms with Crippen LogP contribution < -0.4 is 4.90 Å². The zero-order valence-electron chi connectivity index (χ0n) is 22.4. The van der Waals surface area contributed by atoms with Crippen LogP contribution in [0.3, 0.4) is 0 Å². The molecule has 2 fully saturated rings. The van der Waals surface area contributed by atoms with Crippen molar-refractivity contribution in [1.29, 1.82) is 0 Å². The number of hydrogen-bond donors (Lipinski definition) is 0. The zero-order valence-corrected chi connectivity index (χ0v) is 22.4. The Hall–Kier alpha value is -3.86. The Kier molecular flexibility index (Phi) is 6.77. The van der Waals surface area contributed by atoms with Gasteiger partial charge in [-0.05, 0) is 57.2 Å². The maximum atomic E-state index is 14.3. The fraction of sp³-hybridized carbons (Fsp3) is 0.414. The van der Waals surface area contributed by atoms with Crippen molar-refractivity contribution in [2.75, 3.05) is 18.6 Å². The lowest BCUT2D eigenvalue weighted by Gasteiger charge is -2.37. The molecule has 3 heterocycles. The van der Waals surface area contributed by atoms with Crippen molar-refractivity contribution in [3.05, 3.63) is 65.1 Å². The molecule has 1 atom stereocenters. The lowest BCUT2D eigenvalue weighted by molar-refractivity contribution is 0.0582. The van der Waals surface area contributed by atoms with Crippen LogP contribution in [0.4, 0.5) is 23.7 Å². The molecular formula is C29H29F3N4O4. The molecule has 1 saturated carbocycles. The van der Waals surface area contributed by atoms with Crippen LogP contribution in [0.15, 0.2) is 34.9 Å². The van der Waals surface area contributed by atoms with Crippen LogP contribution in [0.25, 0.3) is 22.2 Å². The molecule has 40 heavy (non-hydrogen) atoms. The van der Waals surface area contributed by atoms with E-state index in [4.69, 9.17) is 19.0 Å². The van der Waals surface area contributed by atoms with Crippen molar-refractivity contribution in [2.24, 2.45) is 0 Å². The molecule has 1 aliphatic heterocycles. The van der Waals surface area contributed by atoms with E-state index in [-0.39, 0.29) is 24.4 Å². The Morgan fingerprint density at radius 2 is 1.73 bits per heavy atom. The zero-order chi connectivity index (χ0) is 28.1. The monoisotopic (exact) mass is 554 g/mol. The fourth-order valence-corrected chi connectivity index (χ4v) is 6.12. The molecule has 0 bridgehead atoms. The highest BCUT2D eigenvalue weighted by atomic mass is 19.2. The van der Waals surface area contributed by atoms with Crippen LogP contribution in [0, 0.1) is 31.3 Å². The first-order valence-electron chi connectivity index (χ1n) is 13.3. The molecule has 1 amide bonds. The number of nitrogens with zero attached hydrogens (tertiary/aromatic N) is 4. The quantitative estimate of drug-likeness (QED) is 0.249. The molecule has 2 aromatic heterocycles. The van der Waals surface area contributed by atoms with Gasteiger partial charge in [0.2, 0.25) is 0 Å². The highest BCUT2D eigenvalue weighted by Crippen LogP contribution is 2.41. The number of benzene rings is 2. The maximum Gasteiger partial charge on any atom is 0.414 e. The minimum absolute atomic E-state index is 0.0674. The number of amides is 1. The first-order chi connectivity index (χ1) is 19.3. The SMILES string of the molecule is COC1CCC(n2c([C@@H]3CCOC(=O)N3c3cc(F)c(F)c(F)c3)nc3cc(-c4c(C)noc4C)ccc32)CC1. The number of methoxy groups -OCH3 is 1. The molecule has 2 aliphatic rings. The molecule has 0 spiro atoms. The second kappa shape index (κ2) is 10.3. The predicted octanol–water partition coefficient (Wildman–Crippen LogP) is 6.94. The highest BCUT2D eigenvalue weighted by molar-refractivity contribution is 5.90. The summed E-state index contributed by atoms with van der Waals surface area (Å²) in [6, 6.07) is 6.95. The van der Waals surface area contributed by atoms with E-state index in [2.05, 4.69) is 9.72 Å². The smallest absolute Gasteiger partial charge is 0.414 e. The summed E-state index contributed by atoms with van der Waals surface area (Å²) in [6.45, 7) is 3.83. The lowest BCUT2D eigenvalue weighted by atomic mass is 9.92. The summed E-state index contributed by atoms with van der Waals surface area (Å²) < 4.78 is 60.7. The number of carbonyl (C=O) groups is 1. The average Bonchev–Trinajstić information content (AvgIpc) is 3.49. The first-order valence-corrected chi connectivity index (χ1v) is 13.3. The normalized spacial score (nSPS) is 21.7. The molecule has 0 N–H and O–H groups in total. The third-order valence-corrected chi connectivity index (χ3v) is 8.05. The average molecular weight is 555 g/mol. The van der Waals surface area contributed by atoms with Crippen LogP contribution in [0.2, 0.25) is 0 Å². The van der Waals surface area contributed by atoms with E-state index in [9.17, 15) is 18.0 Å². The Bertz CT molecular complexity index is 1550. The molecule has 8 nitrogen and oxygen atoms in total. The van der Waals surface area contributed by atoms with E-state index in [0.717, 1.165) is 60.2 Å². The minimum Gasteiger partial charge on any atom is -0.449 e. The van der Waals surface area contributed by atoms with Gasteiger partial charge in [-0.15, -0.1) is 0 Å². The van der Waals surface area contributed by atoms with Gasteiger partial charge < -0.3 is 18.6 Å². The van der Waals surface area contributed by atoms with Gasteiger partial charge in [-0.1, -0.05) is 11.2 Å². The summed E-state index contributed by atoms with van der Waals surface area (Å²) >= 11 is 0. The van der Waals surface area contributed by atoms with E-state index in [1.165, 1.54) is 4.90 Å². The summed E-state index contributed by atoms with van der Waals surface area (Å²) in [5, 5.41) is 4.07. The van der Waals surface area contributed by atoms with Crippen LogP contribution in [0.1, 0.15) is 61.5 Å². The highest BCUT2D eigenvalue weighted by Gasteiger charge is 2.38. The van der Waals surface area contributed by atoms with E-state index in [0.29, 0.717) is 23.5 Å². The standard InChI is InChI=1S/C29H29F3N4O4/c1-15-26(16(2)40-34-15)17-4-9-24-23(12-17)33-28(35(24)18-5-7-20(38-3)8-6-18)25-10-11-39-29(37)36(25)19-13-21(30)27(32)22(31)14-19/h4,9,12-14,18,20,25H,5-8,10-11H2,1-3H3/t18?,20?,25-/m0/s1. The number of aromatic nitrogens is 3. The van der Waals surface area contributed by atoms with Crippen LogP contribution in [-0.2, 0) is 9.47 Å². The molecule has 11 heteroatoms. The maximum absolute atomic E-state index is 14.3. The first kappa shape index (κ1) is 26.4. The van der Waals surface area contributed by atoms with Gasteiger partial charge in [0.05, 0.1) is 35.1 Å². The van der Waals surface area contributed by atoms with Gasteiger partial charge >= 0.3 is 6.09 Å². The number of carbonyl (C=O) groups excluding carboxylic acids is 1. The lowest BCUT2D eigenvalue weighted by Crippen LogP contribution is -2.42. The fourth-order valence-electron chi connectivity index (χ4n) is 6.12. The summed E-state index contributed by atoms with van der Waals surface area (Å²) in [6.07, 6.45) is 3.12. The van der Waals surface area contributed by atoms with Crippen molar-refractivity contribution in [2.45, 2.75) is 64.1 Å². The van der Waals surface area contributed by atoms with E-state index in [1.54, 1.807) is 7.11 Å². The van der Waals surface area contributed by atoms with Gasteiger partial charge in [0.15, 0.2) is 17.5 Å². The molecular weight excluding hydrogens is 525 g/mol. The van der Waals surface area contributed by atoms with Crippen molar-refractivity contribution in [3.8, 4) is 11.1 Å². The number of imidazole rings is 1. The van der Waals surface area contributed by atoms with E-state index in [1.807, 2.05) is 32.0 Å². The summed E-state index contributed by atoms with van der Waals surface area (Å²) in [5.74, 6) is -3.10. The number of hydrogen-bond acceptors (Lipinski definition) is 6. The van der Waals surface area contributed by atoms with Crippen molar-refractivity contribution in [3.63, 3.8) is 0 Å². The topological polar surface area (TPSA) is 82.6 Å². The number of rotatable bonds is 5. The Morgan fingerprint density at radius 1 is 1.00 bits per heavy atom. The van der Waals surface area contributed by atoms with E-state index < -0.39 is 29.6 Å². The number of halogens is 3. The van der Waals surface area contributed by atoms with Crippen LogP contribution >= 0.6 is 0 Å². The summed E-state index contributed by atoms with van der Waals surface area (Å²) in [4.78, 5) is 19.2. The molecule has 210 valence electrons. The molecule has 1 saturated heterocycles. The molecule has 1 aliphatic carbocycles. The second-order valence-electron chi connectivity index (χ2n) is 10.4. The van der Waals surface area contributed by atoms with Gasteiger partial charge in [-0.25, -0.2) is 22.9 Å². The number of fused-ring (bicyclic) bond motifs is 1. The van der Waals surface area contributed by atoms with Gasteiger partial charge in [-0.2, -0.15) is 0 Å². The molecule has 0 radical (unpaired) electrons. The van der Waals surface area contributed by atoms with Crippen molar-refractivity contribution < 1.29 is 32.0 Å². The molecule has 0 unspecified atom stereocenters. The summed E-state index contributed by atoms with van der Waals surface area (Å²) in [5.41, 5.74) is 3.99. The second-order valence-corrected chi connectivity index (χ2v) is 10.4. The van der Waals surface area contributed by atoms with Gasteiger partial charge in [0.1, 0.15) is 17.6 Å². The molecule has 4 aromatic rings. The number of cyclic esters (lactones) is 1. The third kappa shape index (κ3) is 4.42.